The van der Waals surface area contributed by atoms with Gasteiger partial charge in [0.1, 0.15) is 5.75 Å². The number of sulfone groups is 1. The fourth-order valence-corrected chi connectivity index (χ4v) is 1.81. The topological polar surface area (TPSA) is 84.2 Å². The molecule has 0 heterocycles. The highest BCUT2D eigenvalue weighted by atomic mass is 32.2. The van der Waals surface area contributed by atoms with Gasteiger partial charge in [0.15, 0.2) is 9.84 Å². The molecule has 6 heteroatoms. The van der Waals surface area contributed by atoms with Crippen molar-refractivity contribution >= 4 is 15.8 Å². The molecule has 0 aromatic heterocycles. The van der Waals surface area contributed by atoms with Crippen LogP contribution in [0.25, 0.3) is 0 Å². The number of unbranched alkanes of at least 4 members (excludes halogenated alkanes) is 1. The molecule has 0 fully saturated rings. The molecule has 0 rings (SSSR count). The number of nitrogens with zero attached hydrogens (tertiary/aromatic N) is 1. The number of hydrogen-bond acceptors (Lipinski definition) is 5. The number of hydrogen-bond donors (Lipinski definition) is 0. The van der Waals surface area contributed by atoms with Crippen LogP contribution in [0.4, 0.5) is 0 Å². The van der Waals surface area contributed by atoms with Crippen molar-refractivity contribution in [2.75, 3.05) is 18.1 Å². The van der Waals surface area contributed by atoms with Crippen LogP contribution in [0, 0.1) is 11.3 Å². The predicted octanol–water partition coefficient (Wildman–Crippen LogP) is 0.658. The smallest absolute Gasteiger partial charge is 0.321 e. The van der Waals surface area contributed by atoms with Crippen LogP contribution in [0.3, 0.4) is 0 Å². The van der Waals surface area contributed by atoms with E-state index >= 15 is 0 Å². The molecule has 15 heavy (non-hydrogen) atoms. The first-order chi connectivity index (χ1) is 7.02. The maximum Gasteiger partial charge on any atom is 0.321 e. The lowest BCUT2D eigenvalue weighted by molar-refractivity contribution is -0.140. The number of nitriles is 1. The Balaban J connectivity index is 3.90. The van der Waals surface area contributed by atoms with Gasteiger partial charge >= 0.3 is 5.97 Å². The van der Waals surface area contributed by atoms with Crippen LogP contribution in [0.1, 0.15) is 26.2 Å². The molecule has 0 N–H and O–H groups in total. The van der Waals surface area contributed by atoms with Crippen molar-refractivity contribution in [3.8, 4) is 6.07 Å². The molecule has 0 radical (unpaired) electrons. The minimum Gasteiger partial charge on any atom is -0.465 e. The minimum absolute atomic E-state index is 0.0927. The number of carbonyl (C=O) groups is 1. The van der Waals surface area contributed by atoms with E-state index < -0.39 is 21.6 Å². The average Bonchev–Trinajstić information content (AvgIpc) is 2.14. The van der Waals surface area contributed by atoms with Crippen LogP contribution in [0.15, 0.2) is 0 Å². The van der Waals surface area contributed by atoms with Gasteiger partial charge in [-0.1, -0.05) is 13.3 Å². The van der Waals surface area contributed by atoms with Crippen molar-refractivity contribution in [3.63, 3.8) is 0 Å². The van der Waals surface area contributed by atoms with Gasteiger partial charge in [-0.15, -0.1) is 0 Å². The summed E-state index contributed by atoms with van der Waals surface area (Å²) in [7, 11) is -3.48. The van der Waals surface area contributed by atoms with Gasteiger partial charge in [-0.2, -0.15) is 5.26 Å². The molecule has 5 nitrogen and oxygen atoms in total. The quantitative estimate of drug-likeness (QED) is 0.476. The summed E-state index contributed by atoms with van der Waals surface area (Å²) in [5.41, 5.74) is 0. The van der Waals surface area contributed by atoms with E-state index in [1.807, 2.05) is 6.92 Å². The van der Waals surface area contributed by atoms with E-state index in [-0.39, 0.29) is 18.8 Å². The number of ether oxygens (including phenoxy) is 1. The van der Waals surface area contributed by atoms with E-state index in [1.54, 1.807) is 6.07 Å². The summed E-state index contributed by atoms with van der Waals surface area (Å²) in [6.07, 6.45) is 1.52. The van der Waals surface area contributed by atoms with E-state index in [1.165, 1.54) is 0 Å². The molecule has 0 atom stereocenters. The van der Waals surface area contributed by atoms with Crippen molar-refractivity contribution in [2.45, 2.75) is 26.2 Å². The van der Waals surface area contributed by atoms with Gasteiger partial charge < -0.3 is 4.74 Å². The van der Waals surface area contributed by atoms with Crippen LogP contribution in [-0.4, -0.2) is 32.5 Å². The Morgan fingerprint density at radius 2 is 2.13 bits per heavy atom. The summed E-state index contributed by atoms with van der Waals surface area (Å²) < 4.78 is 27.1. The standard InChI is InChI=1S/C9H15NO4S/c1-2-3-6-14-9(11)8-15(12,13)7-4-5-10/h2-4,6-8H2,1H3. The van der Waals surface area contributed by atoms with Gasteiger partial charge in [0.25, 0.3) is 0 Å². The van der Waals surface area contributed by atoms with Crippen LogP contribution >= 0.6 is 0 Å². The molecule has 0 spiro atoms. The summed E-state index contributed by atoms with van der Waals surface area (Å²) in [6, 6.07) is 1.72. The molecular weight excluding hydrogens is 218 g/mol. The Morgan fingerprint density at radius 3 is 2.67 bits per heavy atom. The minimum atomic E-state index is -3.48. The third-order valence-electron chi connectivity index (χ3n) is 1.62. The first-order valence-electron chi connectivity index (χ1n) is 4.75. The predicted molar refractivity (Wildman–Crippen MR) is 54.8 cm³/mol. The van der Waals surface area contributed by atoms with Gasteiger partial charge in [-0.05, 0) is 6.42 Å². The summed E-state index contributed by atoms with van der Waals surface area (Å²) >= 11 is 0. The highest BCUT2D eigenvalue weighted by Gasteiger charge is 2.17. The zero-order valence-electron chi connectivity index (χ0n) is 8.73. The van der Waals surface area contributed by atoms with Crippen molar-refractivity contribution in [3.05, 3.63) is 0 Å². The lowest BCUT2D eigenvalue weighted by atomic mass is 10.4. The second-order valence-electron chi connectivity index (χ2n) is 3.07. The summed E-state index contributed by atoms with van der Waals surface area (Å²) in [6.45, 7) is 2.20. The van der Waals surface area contributed by atoms with Gasteiger partial charge in [0.05, 0.1) is 18.4 Å². The molecule has 0 saturated heterocycles. The van der Waals surface area contributed by atoms with Crippen LogP contribution in [0.2, 0.25) is 0 Å². The normalized spacial score (nSPS) is 10.7. The zero-order chi connectivity index (χ0) is 11.7. The highest BCUT2D eigenvalue weighted by Crippen LogP contribution is 1.96. The Bertz CT molecular complexity index is 329. The molecule has 0 aromatic rings. The van der Waals surface area contributed by atoms with Gasteiger partial charge in [-0.25, -0.2) is 8.42 Å². The average molecular weight is 233 g/mol. The number of rotatable bonds is 7. The van der Waals surface area contributed by atoms with Crippen LogP contribution in [-0.2, 0) is 19.4 Å². The molecule has 0 unspecified atom stereocenters. The SMILES string of the molecule is CCCCOC(=O)CS(=O)(=O)CCC#N. The monoisotopic (exact) mass is 233 g/mol. The largest absolute Gasteiger partial charge is 0.465 e. The van der Waals surface area contributed by atoms with Gasteiger partial charge in [0.2, 0.25) is 0 Å². The molecule has 0 saturated carbocycles. The van der Waals surface area contributed by atoms with E-state index in [2.05, 4.69) is 0 Å². The Morgan fingerprint density at radius 1 is 1.47 bits per heavy atom. The third-order valence-corrected chi connectivity index (χ3v) is 3.13. The van der Waals surface area contributed by atoms with Crippen molar-refractivity contribution in [1.82, 2.24) is 0 Å². The molecule has 0 aliphatic heterocycles. The van der Waals surface area contributed by atoms with E-state index in [4.69, 9.17) is 10.00 Å². The second-order valence-corrected chi connectivity index (χ2v) is 5.26. The fraction of sp³-hybridized carbons (Fsp3) is 0.778. The van der Waals surface area contributed by atoms with E-state index in [9.17, 15) is 13.2 Å². The zero-order valence-corrected chi connectivity index (χ0v) is 9.55. The molecule has 0 bridgehead atoms. The van der Waals surface area contributed by atoms with Gasteiger partial charge in [0, 0.05) is 6.42 Å². The maximum atomic E-state index is 11.2. The van der Waals surface area contributed by atoms with E-state index in [0.717, 1.165) is 12.8 Å². The first-order valence-corrected chi connectivity index (χ1v) is 6.57. The Labute approximate surface area is 90.0 Å². The summed E-state index contributed by atoms with van der Waals surface area (Å²) in [5, 5.41) is 8.21. The number of esters is 1. The lowest BCUT2D eigenvalue weighted by Gasteiger charge is -2.03. The molecule has 0 aromatic carbocycles. The fourth-order valence-electron chi connectivity index (χ4n) is 0.825. The molecule has 0 aliphatic carbocycles. The summed E-state index contributed by atoms with van der Waals surface area (Å²) in [4.78, 5) is 11.0. The van der Waals surface area contributed by atoms with Crippen molar-refractivity contribution < 1.29 is 17.9 Å². The van der Waals surface area contributed by atoms with Crippen molar-refractivity contribution in [2.24, 2.45) is 0 Å². The molecule has 86 valence electrons. The molecular formula is C9H15NO4S. The molecule has 0 amide bonds. The van der Waals surface area contributed by atoms with Crippen LogP contribution in [0.5, 0.6) is 0 Å². The second kappa shape index (κ2) is 7.23. The lowest BCUT2D eigenvalue weighted by Crippen LogP contribution is -2.21. The van der Waals surface area contributed by atoms with Crippen LogP contribution < -0.4 is 0 Å². The maximum absolute atomic E-state index is 11.2. The van der Waals surface area contributed by atoms with Gasteiger partial charge in [-0.3, -0.25) is 4.79 Å². The third kappa shape index (κ3) is 7.94. The Hall–Kier alpha value is -1.09. The number of carbonyl (C=O) groups excluding carboxylic acids is 1. The highest BCUT2D eigenvalue weighted by molar-refractivity contribution is 7.92. The first kappa shape index (κ1) is 13.9. The Kier molecular flexibility index (Phi) is 6.71. The van der Waals surface area contributed by atoms with E-state index in [0.29, 0.717) is 0 Å². The summed E-state index contributed by atoms with van der Waals surface area (Å²) in [5.74, 6) is -1.65. The van der Waals surface area contributed by atoms with Crippen molar-refractivity contribution in [1.29, 1.82) is 5.26 Å². The molecule has 0 aliphatic rings.